The van der Waals surface area contributed by atoms with E-state index in [1.165, 1.54) is 24.3 Å². The average molecular weight is 587 g/mol. The lowest BCUT2D eigenvalue weighted by molar-refractivity contribution is 0.441. The predicted octanol–water partition coefficient (Wildman–Crippen LogP) is 9.88. The van der Waals surface area contributed by atoms with E-state index in [4.69, 9.17) is 22.3 Å². The molecule has 0 fully saturated rings. The van der Waals surface area contributed by atoms with Crippen LogP contribution in [0.15, 0.2) is 133 Å². The van der Waals surface area contributed by atoms with Crippen molar-refractivity contribution in [2.45, 2.75) is 5.41 Å². The molecule has 0 bridgehead atoms. The second kappa shape index (κ2) is 11.2. The van der Waals surface area contributed by atoms with E-state index < -0.39 is 17.0 Å². The average Bonchev–Trinajstić information content (AvgIpc) is 3.38. The van der Waals surface area contributed by atoms with Gasteiger partial charge in [0.05, 0.1) is 5.41 Å². The van der Waals surface area contributed by atoms with Gasteiger partial charge in [-0.1, -0.05) is 84.6 Å². The zero-order valence-corrected chi connectivity index (χ0v) is 23.9. The first-order valence-electron chi connectivity index (χ1n) is 14.3. The Morgan fingerprint density at radius 3 is 1.27 bits per heavy atom. The molecular weight excluding hydrogens is 562 g/mol. The standard InChI is InChI=1S/C41H24F2O2/c1-3-27-13-23-39(37(42)25-27)44-31-19-15-29(16-20-31)41(35-11-7-5-9-33(35)34-10-6-8-12-36(34)41)30-17-21-32(22-18-30)45-40-24-14-28(4-2)26-38(40)43/h1-2,5-26H. The van der Waals surface area contributed by atoms with Crippen LogP contribution in [0.3, 0.4) is 0 Å². The third kappa shape index (κ3) is 4.70. The van der Waals surface area contributed by atoms with E-state index in [1.54, 1.807) is 12.1 Å². The van der Waals surface area contributed by atoms with Crippen LogP contribution in [-0.4, -0.2) is 0 Å². The van der Waals surface area contributed by atoms with E-state index in [9.17, 15) is 8.78 Å². The summed E-state index contributed by atoms with van der Waals surface area (Å²) in [4.78, 5) is 0. The normalized spacial score (nSPS) is 12.4. The predicted molar refractivity (Wildman–Crippen MR) is 173 cm³/mol. The van der Waals surface area contributed by atoms with Crippen molar-refractivity contribution >= 4 is 0 Å². The number of hydrogen-bond donors (Lipinski definition) is 0. The zero-order valence-electron chi connectivity index (χ0n) is 23.9. The third-order valence-corrected chi connectivity index (χ3v) is 8.18. The van der Waals surface area contributed by atoms with Crippen molar-refractivity contribution in [1.29, 1.82) is 0 Å². The molecule has 0 radical (unpaired) electrons. The Balaban J connectivity index is 1.32. The summed E-state index contributed by atoms with van der Waals surface area (Å²) in [5, 5.41) is 0. The molecule has 0 unspecified atom stereocenters. The fourth-order valence-electron chi connectivity index (χ4n) is 6.17. The Kier molecular flexibility index (Phi) is 6.89. The summed E-state index contributed by atoms with van der Waals surface area (Å²) < 4.78 is 41.1. The first-order chi connectivity index (χ1) is 22.0. The molecule has 2 nitrogen and oxygen atoms in total. The monoisotopic (exact) mass is 586 g/mol. The second-order valence-corrected chi connectivity index (χ2v) is 10.7. The van der Waals surface area contributed by atoms with E-state index in [-0.39, 0.29) is 11.5 Å². The summed E-state index contributed by atoms with van der Waals surface area (Å²) in [7, 11) is 0. The van der Waals surface area contributed by atoms with Gasteiger partial charge < -0.3 is 9.47 Å². The van der Waals surface area contributed by atoms with Crippen LogP contribution in [0.1, 0.15) is 33.4 Å². The molecule has 0 spiro atoms. The van der Waals surface area contributed by atoms with Crippen LogP contribution in [0.25, 0.3) is 11.1 Å². The van der Waals surface area contributed by atoms with Gasteiger partial charge in [-0.3, -0.25) is 0 Å². The number of rotatable bonds is 6. The summed E-state index contributed by atoms with van der Waals surface area (Å²) in [6, 6.07) is 41.0. The van der Waals surface area contributed by atoms with Gasteiger partial charge in [0.15, 0.2) is 23.1 Å². The van der Waals surface area contributed by atoms with Crippen LogP contribution in [0.4, 0.5) is 8.78 Å². The van der Waals surface area contributed by atoms with E-state index >= 15 is 0 Å². The fourth-order valence-corrected chi connectivity index (χ4v) is 6.17. The van der Waals surface area contributed by atoms with Crippen molar-refractivity contribution in [2.24, 2.45) is 0 Å². The molecule has 0 amide bonds. The van der Waals surface area contributed by atoms with Crippen LogP contribution in [0, 0.1) is 36.3 Å². The van der Waals surface area contributed by atoms with Gasteiger partial charge in [0.2, 0.25) is 0 Å². The number of halogens is 2. The minimum atomic E-state index is -0.677. The lowest BCUT2D eigenvalue weighted by Gasteiger charge is -2.34. The molecule has 6 aromatic carbocycles. The summed E-state index contributed by atoms with van der Waals surface area (Å²) >= 11 is 0. The Morgan fingerprint density at radius 2 is 0.889 bits per heavy atom. The number of terminal acetylenes is 2. The van der Waals surface area contributed by atoms with Gasteiger partial charge in [-0.05, 0) is 94.0 Å². The van der Waals surface area contributed by atoms with Gasteiger partial charge in [-0.25, -0.2) is 8.78 Å². The maximum absolute atomic E-state index is 14.6. The molecule has 0 heterocycles. The van der Waals surface area contributed by atoms with Gasteiger partial charge >= 0.3 is 0 Å². The van der Waals surface area contributed by atoms with Crippen LogP contribution in [-0.2, 0) is 5.41 Å². The molecule has 0 aromatic heterocycles. The minimum absolute atomic E-state index is 0.0916. The zero-order chi connectivity index (χ0) is 31.0. The molecule has 214 valence electrons. The molecule has 0 N–H and O–H groups in total. The Hall–Kier alpha value is -6.10. The van der Waals surface area contributed by atoms with Crippen LogP contribution in [0.2, 0.25) is 0 Å². The SMILES string of the molecule is C#Cc1ccc(Oc2ccc(C3(c4ccc(Oc5ccc(C#C)cc5F)cc4)c4ccccc4-c4ccccc43)cc2)c(F)c1. The maximum atomic E-state index is 14.6. The van der Waals surface area contributed by atoms with Crippen LogP contribution < -0.4 is 9.47 Å². The van der Waals surface area contributed by atoms with Gasteiger partial charge in [-0.2, -0.15) is 0 Å². The highest BCUT2D eigenvalue weighted by atomic mass is 19.1. The van der Waals surface area contributed by atoms with Gasteiger partial charge in [0, 0.05) is 11.1 Å². The van der Waals surface area contributed by atoms with E-state index in [2.05, 4.69) is 36.1 Å². The number of ether oxygens (including phenoxy) is 2. The quantitative estimate of drug-likeness (QED) is 0.181. The van der Waals surface area contributed by atoms with Crippen LogP contribution >= 0.6 is 0 Å². The van der Waals surface area contributed by atoms with E-state index in [1.807, 2.05) is 72.8 Å². The first kappa shape index (κ1) is 27.7. The molecule has 7 rings (SSSR count). The fraction of sp³-hybridized carbons (Fsp3) is 0.0244. The molecule has 1 aliphatic rings. The topological polar surface area (TPSA) is 18.5 Å². The molecule has 1 aliphatic carbocycles. The van der Waals surface area contributed by atoms with Gasteiger partial charge in [0.25, 0.3) is 0 Å². The van der Waals surface area contributed by atoms with Gasteiger partial charge in [-0.15, -0.1) is 12.8 Å². The summed E-state index contributed by atoms with van der Waals surface area (Å²) in [6.45, 7) is 0. The molecule has 0 saturated carbocycles. The second-order valence-electron chi connectivity index (χ2n) is 10.7. The lowest BCUT2D eigenvalue weighted by atomic mass is 9.68. The Bertz CT molecular complexity index is 1990. The number of fused-ring (bicyclic) bond motifs is 3. The highest BCUT2D eigenvalue weighted by molar-refractivity contribution is 5.86. The van der Waals surface area contributed by atoms with Crippen molar-refractivity contribution in [3.8, 4) is 58.8 Å². The largest absolute Gasteiger partial charge is 0.454 e. The highest BCUT2D eigenvalue weighted by Gasteiger charge is 2.45. The molecule has 0 atom stereocenters. The molecule has 4 heteroatoms. The molecule has 6 aromatic rings. The van der Waals surface area contributed by atoms with Crippen molar-refractivity contribution in [2.75, 3.05) is 0 Å². The highest BCUT2D eigenvalue weighted by Crippen LogP contribution is 2.56. The Labute approximate surface area is 260 Å². The first-order valence-corrected chi connectivity index (χ1v) is 14.3. The summed E-state index contributed by atoms with van der Waals surface area (Å²) in [6.07, 6.45) is 10.8. The minimum Gasteiger partial charge on any atom is -0.454 e. The van der Waals surface area contributed by atoms with Crippen molar-refractivity contribution < 1.29 is 18.3 Å². The lowest BCUT2D eigenvalue weighted by Crippen LogP contribution is -2.28. The molecule has 0 saturated heterocycles. The summed E-state index contributed by atoms with van der Waals surface area (Å²) in [5.41, 5.74) is 6.74. The van der Waals surface area contributed by atoms with E-state index in [0.717, 1.165) is 33.4 Å². The Morgan fingerprint density at radius 1 is 0.489 bits per heavy atom. The molecular formula is C41H24F2O2. The number of benzene rings is 6. The smallest absolute Gasteiger partial charge is 0.166 e. The van der Waals surface area contributed by atoms with Crippen molar-refractivity contribution in [1.82, 2.24) is 0 Å². The molecule has 45 heavy (non-hydrogen) atoms. The van der Waals surface area contributed by atoms with Crippen molar-refractivity contribution in [3.05, 3.63) is 178 Å². The van der Waals surface area contributed by atoms with Gasteiger partial charge in [0.1, 0.15) is 11.5 Å². The van der Waals surface area contributed by atoms with E-state index in [0.29, 0.717) is 22.6 Å². The number of hydrogen-bond acceptors (Lipinski definition) is 2. The third-order valence-electron chi connectivity index (χ3n) is 8.18. The summed E-state index contributed by atoms with van der Waals surface area (Å²) in [5.74, 6) is 4.96. The van der Waals surface area contributed by atoms with Crippen LogP contribution in [0.5, 0.6) is 23.0 Å². The molecule has 0 aliphatic heterocycles. The maximum Gasteiger partial charge on any atom is 0.166 e. The van der Waals surface area contributed by atoms with Crippen molar-refractivity contribution in [3.63, 3.8) is 0 Å².